The molecular formula is C18H36O. The third-order valence-electron chi connectivity index (χ3n) is 4.10. The summed E-state index contributed by atoms with van der Waals surface area (Å²) in [5, 5.41) is 0. The molecule has 0 radical (unpaired) electrons. The highest BCUT2D eigenvalue weighted by Gasteiger charge is 2.29. The van der Waals surface area contributed by atoms with E-state index in [0.717, 1.165) is 18.8 Å². The lowest BCUT2D eigenvalue weighted by atomic mass is 9.71. The van der Waals surface area contributed by atoms with Crippen LogP contribution >= 0.6 is 0 Å². The summed E-state index contributed by atoms with van der Waals surface area (Å²) in [6.45, 7) is 13.8. The molecule has 0 atom stereocenters. The maximum atomic E-state index is 5.64. The van der Waals surface area contributed by atoms with Gasteiger partial charge in [-0.3, -0.25) is 0 Å². The number of unbranched alkanes of at least 4 members (excludes halogenated alkanes) is 3. The van der Waals surface area contributed by atoms with E-state index in [1.807, 2.05) is 0 Å². The summed E-state index contributed by atoms with van der Waals surface area (Å²) in [5.74, 6) is 1.01. The molecule has 0 spiro atoms. The van der Waals surface area contributed by atoms with Crippen LogP contribution in [0.2, 0.25) is 0 Å². The number of rotatable bonds is 13. The van der Waals surface area contributed by atoms with Crippen LogP contribution in [0.5, 0.6) is 0 Å². The molecule has 1 nitrogen and oxygen atoms in total. The molecule has 0 heterocycles. The zero-order chi connectivity index (χ0) is 14.6. The van der Waals surface area contributed by atoms with Gasteiger partial charge in [0.15, 0.2) is 0 Å². The van der Waals surface area contributed by atoms with Gasteiger partial charge < -0.3 is 4.74 Å². The van der Waals surface area contributed by atoms with Gasteiger partial charge in [-0.1, -0.05) is 65.9 Å². The van der Waals surface area contributed by atoms with Gasteiger partial charge in [0.25, 0.3) is 0 Å². The molecule has 0 fully saturated rings. The average molecular weight is 268 g/mol. The Balaban J connectivity index is 4.70. The fourth-order valence-corrected chi connectivity index (χ4v) is 2.97. The molecule has 0 aromatic carbocycles. The molecule has 0 aromatic heterocycles. The maximum Gasteiger partial charge on any atom is 0.0893 e. The summed E-state index contributed by atoms with van der Waals surface area (Å²) in [5.41, 5.74) is 0.453. The third-order valence-corrected chi connectivity index (χ3v) is 4.10. The first-order valence-corrected chi connectivity index (χ1v) is 8.44. The second-order valence-corrected chi connectivity index (χ2v) is 5.96. The van der Waals surface area contributed by atoms with Crippen LogP contribution in [0, 0.1) is 5.41 Å². The van der Waals surface area contributed by atoms with Gasteiger partial charge in [0.2, 0.25) is 0 Å². The minimum atomic E-state index is 0.453. The standard InChI is InChI=1S/C18H36O/c1-6-10-13-18(14-11-7-2,15-12-8-3)16-17(5)19-9-4/h5-16H2,1-4H3. The normalized spacial score (nSPS) is 11.6. The van der Waals surface area contributed by atoms with Crippen molar-refractivity contribution < 1.29 is 4.74 Å². The topological polar surface area (TPSA) is 9.23 Å². The predicted octanol–water partition coefficient (Wildman–Crippen LogP) is 6.48. The molecule has 114 valence electrons. The van der Waals surface area contributed by atoms with Gasteiger partial charge >= 0.3 is 0 Å². The third kappa shape index (κ3) is 8.34. The van der Waals surface area contributed by atoms with Gasteiger partial charge in [-0.25, -0.2) is 0 Å². The highest BCUT2D eigenvalue weighted by atomic mass is 16.5. The molecule has 0 saturated heterocycles. The molecule has 0 amide bonds. The molecule has 0 aliphatic heterocycles. The van der Waals surface area contributed by atoms with Crippen molar-refractivity contribution in [2.75, 3.05) is 6.61 Å². The van der Waals surface area contributed by atoms with Crippen molar-refractivity contribution >= 4 is 0 Å². The zero-order valence-corrected chi connectivity index (χ0v) is 13.9. The van der Waals surface area contributed by atoms with Crippen LogP contribution in [0.3, 0.4) is 0 Å². The lowest BCUT2D eigenvalue weighted by molar-refractivity contribution is 0.138. The summed E-state index contributed by atoms with van der Waals surface area (Å²) in [6, 6.07) is 0. The zero-order valence-electron chi connectivity index (χ0n) is 13.9. The number of allylic oxidation sites excluding steroid dienone is 1. The van der Waals surface area contributed by atoms with Crippen LogP contribution in [0.1, 0.15) is 91.9 Å². The maximum absolute atomic E-state index is 5.64. The van der Waals surface area contributed by atoms with E-state index in [0.29, 0.717) is 5.41 Å². The largest absolute Gasteiger partial charge is 0.499 e. The Labute approximate surface area is 121 Å². The van der Waals surface area contributed by atoms with Crippen LogP contribution in [0.25, 0.3) is 0 Å². The summed E-state index contributed by atoms with van der Waals surface area (Å²) in [4.78, 5) is 0. The van der Waals surface area contributed by atoms with Gasteiger partial charge in [0.05, 0.1) is 12.4 Å². The van der Waals surface area contributed by atoms with Gasteiger partial charge in [0.1, 0.15) is 0 Å². The highest BCUT2D eigenvalue weighted by Crippen LogP contribution is 2.42. The average Bonchev–Trinajstić information content (AvgIpc) is 2.40. The van der Waals surface area contributed by atoms with Gasteiger partial charge in [0, 0.05) is 6.42 Å². The first-order valence-electron chi connectivity index (χ1n) is 8.44. The molecule has 0 aliphatic carbocycles. The van der Waals surface area contributed by atoms with E-state index >= 15 is 0 Å². The van der Waals surface area contributed by atoms with E-state index in [1.54, 1.807) is 0 Å². The molecule has 0 bridgehead atoms. The van der Waals surface area contributed by atoms with Gasteiger partial charge in [-0.15, -0.1) is 0 Å². The summed E-state index contributed by atoms with van der Waals surface area (Å²) >= 11 is 0. The second kappa shape index (κ2) is 11.4. The van der Waals surface area contributed by atoms with Crippen LogP contribution in [0.4, 0.5) is 0 Å². The Morgan fingerprint density at radius 3 is 1.58 bits per heavy atom. The Morgan fingerprint density at radius 1 is 0.842 bits per heavy atom. The smallest absolute Gasteiger partial charge is 0.0893 e. The quantitative estimate of drug-likeness (QED) is 0.347. The molecule has 0 saturated carbocycles. The van der Waals surface area contributed by atoms with E-state index < -0.39 is 0 Å². The molecular weight excluding hydrogens is 232 g/mol. The van der Waals surface area contributed by atoms with Crippen LogP contribution in [0.15, 0.2) is 12.3 Å². The Bertz CT molecular complexity index is 198. The highest BCUT2D eigenvalue weighted by molar-refractivity contribution is 4.93. The van der Waals surface area contributed by atoms with E-state index in [9.17, 15) is 0 Å². The Kier molecular flexibility index (Phi) is 11.1. The summed E-state index contributed by atoms with van der Waals surface area (Å²) in [6.07, 6.45) is 13.0. The number of hydrogen-bond donors (Lipinski definition) is 0. The second-order valence-electron chi connectivity index (χ2n) is 5.96. The Hall–Kier alpha value is -0.460. The van der Waals surface area contributed by atoms with Crippen molar-refractivity contribution in [2.45, 2.75) is 91.9 Å². The summed E-state index contributed by atoms with van der Waals surface area (Å²) < 4.78 is 5.64. The molecule has 0 N–H and O–H groups in total. The van der Waals surface area contributed by atoms with E-state index in [4.69, 9.17) is 4.74 Å². The Morgan fingerprint density at radius 2 is 1.26 bits per heavy atom. The minimum absolute atomic E-state index is 0.453. The van der Waals surface area contributed by atoms with E-state index in [2.05, 4.69) is 34.3 Å². The molecule has 0 unspecified atom stereocenters. The molecule has 0 aromatic rings. The number of hydrogen-bond acceptors (Lipinski definition) is 1. The first-order chi connectivity index (χ1) is 9.14. The van der Waals surface area contributed by atoms with Crippen LogP contribution in [-0.4, -0.2) is 6.61 Å². The summed E-state index contributed by atoms with van der Waals surface area (Å²) in [7, 11) is 0. The lowest BCUT2D eigenvalue weighted by Gasteiger charge is -2.35. The van der Waals surface area contributed by atoms with Crippen LogP contribution in [-0.2, 0) is 4.74 Å². The minimum Gasteiger partial charge on any atom is -0.499 e. The van der Waals surface area contributed by atoms with Crippen molar-refractivity contribution in [3.63, 3.8) is 0 Å². The number of ether oxygens (including phenoxy) is 1. The molecule has 0 aliphatic rings. The van der Waals surface area contributed by atoms with Crippen LogP contribution < -0.4 is 0 Å². The van der Waals surface area contributed by atoms with E-state index in [1.165, 1.54) is 57.8 Å². The first kappa shape index (κ1) is 18.5. The lowest BCUT2D eigenvalue weighted by Crippen LogP contribution is -2.22. The van der Waals surface area contributed by atoms with E-state index in [-0.39, 0.29) is 0 Å². The molecule has 19 heavy (non-hydrogen) atoms. The molecule has 0 rings (SSSR count). The van der Waals surface area contributed by atoms with Crippen molar-refractivity contribution in [2.24, 2.45) is 5.41 Å². The van der Waals surface area contributed by atoms with Crippen molar-refractivity contribution in [3.05, 3.63) is 12.3 Å². The fraction of sp³-hybridized carbons (Fsp3) is 0.889. The SMILES string of the molecule is C=C(CC(CCCC)(CCCC)CCCC)OCC. The van der Waals surface area contributed by atoms with Gasteiger partial charge in [-0.2, -0.15) is 0 Å². The van der Waals surface area contributed by atoms with Crippen molar-refractivity contribution in [3.8, 4) is 0 Å². The van der Waals surface area contributed by atoms with Crippen molar-refractivity contribution in [1.82, 2.24) is 0 Å². The monoisotopic (exact) mass is 268 g/mol. The molecule has 1 heteroatoms. The fourth-order valence-electron chi connectivity index (χ4n) is 2.97. The predicted molar refractivity (Wildman–Crippen MR) is 86.4 cm³/mol. The van der Waals surface area contributed by atoms with Crippen molar-refractivity contribution in [1.29, 1.82) is 0 Å². The van der Waals surface area contributed by atoms with Gasteiger partial charge in [-0.05, 0) is 31.6 Å².